The summed E-state index contributed by atoms with van der Waals surface area (Å²) < 4.78 is 0. The number of hydrogen-bond acceptors (Lipinski definition) is 5. The van der Waals surface area contributed by atoms with Crippen LogP contribution in [0, 0.1) is 5.92 Å². The van der Waals surface area contributed by atoms with Crippen LogP contribution in [-0.2, 0) is 9.59 Å². The fraction of sp³-hybridized carbons (Fsp3) is 0.500. The van der Waals surface area contributed by atoms with Crippen molar-refractivity contribution in [3.8, 4) is 0 Å². The average Bonchev–Trinajstić information content (AvgIpc) is 3.00. The number of nitrogens with one attached hydrogen (secondary N) is 1. The van der Waals surface area contributed by atoms with Crippen molar-refractivity contribution in [1.82, 2.24) is 15.1 Å². The zero-order valence-electron chi connectivity index (χ0n) is 20.5. The van der Waals surface area contributed by atoms with Crippen LogP contribution in [0.5, 0.6) is 0 Å². The highest BCUT2D eigenvalue weighted by Gasteiger charge is 2.44. The van der Waals surface area contributed by atoms with Gasteiger partial charge in [0.15, 0.2) is 0 Å². The SMILES string of the molecule is CCCN(CC/C=C\c1ccc2c(c1)C(=O)N(C1CCC(=O)NC1=O)C2=O)CC1CCC=CCC1. The molecule has 7 nitrogen and oxygen atoms in total. The van der Waals surface area contributed by atoms with E-state index in [0.717, 1.165) is 48.9 Å². The van der Waals surface area contributed by atoms with E-state index in [9.17, 15) is 19.2 Å². The fourth-order valence-corrected chi connectivity index (χ4v) is 5.27. The Kier molecular flexibility index (Phi) is 8.29. The molecule has 0 bridgehead atoms. The van der Waals surface area contributed by atoms with Gasteiger partial charge in [-0.3, -0.25) is 29.4 Å². The molecular formula is C28H35N3O4. The molecule has 186 valence electrons. The molecular weight excluding hydrogens is 442 g/mol. The number of carbonyl (C=O) groups excluding carboxylic acids is 4. The van der Waals surface area contributed by atoms with Gasteiger partial charge in [-0.15, -0.1) is 0 Å². The first-order valence-electron chi connectivity index (χ1n) is 12.9. The molecule has 1 aromatic rings. The third-order valence-electron chi connectivity index (χ3n) is 7.09. The molecule has 1 aliphatic carbocycles. The number of amides is 4. The van der Waals surface area contributed by atoms with Crippen LogP contribution in [0.1, 0.15) is 84.6 Å². The van der Waals surface area contributed by atoms with Crippen molar-refractivity contribution >= 4 is 29.7 Å². The maximum Gasteiger partial charge on any atom is 0.262 e. The van der Waals surface area contributed by atoms with Gasteiger partial charge in [0.05, 0.1) is 11.1 Å². The van der Waals surface area contributed by atoms with Gasteiger partial charge in [-0.25, -0.2) is 0 Å². The summed E-state index contributed by atoms with van der Waals surface area (Å²) in [7, 11) is 0. The zero-order valence-corrected chi connectivity index (χ0v) is 20.5. The summed E-state index contributed by atoms with van der Waals surface area (Å²) in [6.45, 7) is 5.47. The number of carbonyl (C=O) groups is 4. The van der Waals surface area contributed by atoms with Crippen molar-refractivity contribution in [3.05, 3.63) is 53.1 Å². The topological polar surface area (TPSA) is 86.8 Å². The Morgan fingerprint density at radius 1 is 1.00 bits per heavy atom. The van der Waals surface area contributed by atoms with Gasteiger partial charge in [0.1, 0.15) is 6.04 Å². The molecule has 4 rings (SSSR count). The largest absolute Gasteiger partial charge is 0.303 e. The minimum absolute atomic E-state index is 0.116. The predicted octanol–water partition coefficient (Wildman–Crippen LogP) is 3.95. The Bertz CT molecular complexity index is 1030. The molecule has 1 aromatic carbocycles. The monoisotopic (exact) mass is 477 g/mol. The molecule has 1 fully saturated rings. The number of nitrogens with zero attached hydrogens (tertiary/aromatic N) is 2. The van der Waals surface area contributed by atoms with Crippen molar-refractivity contribution in [2.45, 2.75) is 64.3 Å². The lowest BCUT2D eigenvalue weighted by atomic mass is 9.99. The Labute approximate surface area is 207 Å². The lowest BCUT2D eigenvalue weighted by Gasteiger charge is -2.27. The first kappa shape index (κ1) is 25.0. The second-order valence-corrected chi connectivity index (χ2v) is 9.74. The van der Waals surface area contributed by atoms with Crippen LogP contribution < -0.4 is 5.32 Å². The van der Waals surface area contributed by atoms with Gasteiger partial charge in [-0.05, 0) is 75.1 Å². The van der Waals surface area contributed by atoms with E-state index in [-0.39, 0.29) is 18.7 Å². The van der Waals surface area contributed by atoms with Gasteiger partial charge >= 0.3 is 0 Å². The Balaban J connectivity index is 1.36. The molecule has 0 radical (unpaired) electrons. The average molecular weight is 478 g/mol. The molecule has 0 spiro atoms. The number of hydrogen-bond donors (Lipinski definition) is 1. The van der Waals surface area contributed by atoms with Crippen LogP contribution in [0.4, 0.5) is 0 Å². The Hall–Kier alpha value is -3.06. The molecule has 0 saturated carbocycles. The molecule has 1 N–H and O–H groups in total. The van der Waals surface area contributed by atoms with E-state index in [2.05, 4.69) is 35.4 Å². The van der Waals surface area contributed by atoms with E-state index >= 15 is 0 Å². The number of fused-ring (bicyclic) bond motifs is 1. The van der Waals surface area contributed by atoms with Crippen molar-refractivity contribution in [1.29, 1.82) is 0 Å². The molecule has 0 aromatic heterocycles. The predicted molar refractivity (Wildman–Crippen MR) is 135 cm³/mol. The lowest BCUT2D eigenvalue weighted by Crippen LogP contribution is -2.54. The van der Waals surface area contributed by atoms with E-state index < -0.39 is 23.8 Å². The maximum absolute atomic E-state index is 13.0. The summed E-state index contributed by atoms with van der Waals surface area (Å²) in [6, 6.07) is 4.27. The number of piperidine rings is 1. The third-order valence-corrected chi connectivity index (χ3v) is 7.09. The van der Waals surface area contributed by atoms with Crippen molar-refractivity contribution in [2.75, 3.05) is 19.6 Å². The Morgan fingerprint density at radius 2 is 1.74 bits per heavy atom. The number of imide groups is 2. The van der Waals surface area contributed by atoms with Gasteiger partial charge < -0.3 is 4.90 Å². The van der Waals surface area contributed by atoms with Crippen LogP contribution in [-0.4, -0.2) is 59.1 Å². The van der Waals surface area contributed by atoms with E-state index in [4.69, 9.17) is 0 Å². The van der Waals surface area contributed by atoms with Crippen molar-refractivity contribution < 1.29 is 19.2 Å². The number of benzene rings is 1. The van der Waals surface area contributed by atoms with Crippen LogP contribution in [0.3, 0.4) is 0 Å². The molecule has 1 unspecified atom stereocenters. The molecule has 3 aliphatic rings. The quantitative estimate of drug-likeness (QED) is 0.430. The highest BCUT2D eigenvalue weighted by Crippen LogP contribution is 2.28. The third kappa shape index (κ3) is 5.96. The second kappa shape index (κ2) is 11.6. The summed E-state index contributed by atoms with van der Waals surface area (Å²) in [5.41, 5.74) is 1.48. The van der Waals surface area contributed by atoms with Crippen molar-refractivity contribution in [3.63, 3.8) is 0 Å². The molecule has 7 heteroatoms. The summed E-state index contributed by atoms with van der Waals surface area (Å²) in [5.74, 6) is -1.15. The number of allylic oxidation sites excluding steroid dienone is 2. The van der Waals surface area contributed by atoms with Crippen molar-refractivity contribution in [2.24, 2.45) is 5.92 Å². The molecule has 4 amide bonds. The normalized spacial score (nSPS) is 21.2. The molecule has 1 saturated heterocycles. The highest BCUT2D eigenvalue weighted by atomic mass is 16.2. The minimum Gasteiger partial charge on any atom is -0.303 e. The molecule has 2 aliphatic heterocycles. The molecule has 1 atom stereocenters. The van der Waals surface area contributed by atoms with Gasteiger partial charge in [0.2, 0.25) is 11.8 Å². The molecule has 2 heterocycles. The van der Waals surface area contributed by atoms with Gasteiger partial charge in [-0.2, -0.15) is 0 Å². The van der Waals surface area contributed by atoms with E-state index in [0.29, 0.717) is 11.1 Å². The van der Waals surface area contributed by atoms with E-state index in [1.165, 1.54) is 25.7 Å². The van der Waals surface area contributed by atoms with Crippen LogP contribution >= 0.6 is 0 Å². The van der Waals surface area contributed by atoms with E-state index in [1.807, 2.05) is 12.1 Å². The van der Waals surface area contributed by atoms with Crippen LogP contribution in [0.25, 0.3) is 6.08 Å². The van der Waals surface area contributed by atoms with Crippen LogP contribution in [0.15, 0.2) is 36.4 Å². The minimum atomic E-state index is -0.937. The van der Waals surface area contributed by atoms with Gasteiger partial charge in [0.25, 0.3) is 11.8 Å². The first-order chi connectivity index (χ1) is 17.0. The Morgan fingerprint density at radius 3 is 2.46 bits per heavy atom. The summed E-state index contributed by atoms with van der Waals surface area (Å²) >= 11 is 0. The summed E-state index contributed by atoms with van der Waals surface area (Å²) in [6.07, 6.45) is 16.0. The maximum atomic E-state index is 13.0. The second-order valence-electron chi connectivity index (χ2n) is 9.74. The lowest BCUT2D eigenvalue weighted by molar-refractivity contribution is -0.136. The first-order valence-corrected chi connectivity index (χ1v) is 12.9. The summed E-state index contributed by atoms with van der Waals surface area (Å²) in [4.78, 5) is 53.1. The van der Waals surface area contributed by atoms with E-state index in [1.54, 1.807) is 12.1 Å². The smallest absolute Gasteiger partial charge is 0.262 e. The van der Waals surface area contributed by atoms with Gasteiger partial charge in [0, 0.05) is 19.5 Å². The summed E-state index contributed by atoms with van der Waals surface area (Å²) in [5, 5.41) is 2.22. The zero-order chi connectivity index (χ0) is 24.8. The van der Waals surface area contributed by atoms with Crippen LogP contribution in [0.2, 0.25) is 0 Å². The molecule has 35 heavy (non-hydrogen) atoms. The standard InChI is InChI=1S/C28H35N3O4/c1-2-16-30(19-21-10-5-3-4-6-11-21)17-8-7-9-20-12-13-22-23(18-20)28(35)31(27(22)34)24-14-15-25(32)29-26(24)33/h3-4,7,9,12-13,18,21,24H,2,5-6,8,10-11,14-17,19H2,1H3,(H,29,32,33)/b9-7-. The number of rotatable bonds is 9. The fourth-order valence-electron chi connectivity index (χ4n) is 5.27. The highest BCUT2D eigenvalue weighted by molar-refractivity contribution is 6.23. The van der Waals surface area contributed by atoms with Gasteiger partial charge in [-0.1, -0.05) is 37.3 Å².